The third-order valence-corrected chi connectivity index (χ3v) is 6.35. The Kier molecular flexibility index (Phi) is 6.57. The van der Waals surface area contributed by atoms with Gasteiger partial charge >= 0.3 is 0 Å². The maximum Gasteiger partial charge on any atom is 0.175 e. The monoisotopic (exact) mass is 433 g/mol. The third-order valence-electron chi connectivity index (χ3n) is 5.22. The Hall–Kier alpha value is -2.32. The maximum atomic E-state index is 11.6. The van der Waals surface area contributed by atoms with E-state index < -0.39 is 47.0 Å². The second kappa shape index (κ2) is 8.81. The van der Waals surface area contributed by atoms with Crippen molar-refractivity contribution < 1.29 is 33.6 Å². The largest absolute Gasteiger partial charge is 0.394 e. The molecule has 0 spiro atoms. The number of aliphatic hydroxyl groups is 4. The summed E-state index contributed by atoms with van der Waals surface area (Å²) >= 11 is 0. The first kappa shape index (κ1) is 22.4. The van der Waals surface area contributed by atoms with Crippen LogP contribution < -0.4 is 0 Å². The summed E-state index contributed by atoms with van der Waals surface area (Å²) in [5, 5.41) is 49.2. The van der Waals surface area contributed by atoms with Gasteiger partial charge in [0.05, 0.1) is 23.1 Å². The van der Waals surface area contributed by atoms with Gasteiger partial charge in [-0.3, -0.25) is 0 Å². The van der Waals surface area contributed by atoms with E-state index in [2.05, 4.69) is 6.07 Å². The lowest BCUT2D eigenvalue weighted by atomic mass is 9.89. The van der Waals surface area contributed by atoms with Crippen molar-refractivity contribution >= 4 is 9.84 Å². The molecule has 160 valence electrons. The van der Waals surface area contributed by atoms with Crippen LogP contribution >= 0.6 is 0 Å². The third kappa shape index (κ3) is 4.54. The van der Waals surface area contributed by atoms with Gasteiger partial charge in [-0.1, -0.05) is 24.3 Å². The van der Waals surface area contributed by atoms with Crippen molar-refractivity contribution in [3.8, 4) is 6.07 Å². The zero-order valence-corrected chi connectivity index (χ0v) is 17.0. The standard InChI is InChI=1S/C21H23NO7S/c1-30(27,28)16-6-2-12(3-7-16)8-15-9-13(4-5-14(15)10-22)21-20(26)19(25)18(24)17(11-23)29-21/h2-7,9,17-21,23-26H,8,11H2,1H3/t17-,18-,19+,20-,21+/m1/s1. The minimum Gasteiger partial charge on any atom is -0.394 e. The Morgan fingerprint density at radius 3 is 2.27 bits per heavy atom. The number of hydrogen-bond donors (Lipinski definition) is 4. The second-order valence-corrected chi connectivity index (χ2v) is 9.39. The van der Waals surface area contributed by atoms with Crippen molar-refractivity contribution in [2.45, 2.75) is 41.8 Å². The van der Waals surface area contributed by atoms with Crippen molar-refractivity contribution in [2.75, 3.05) is 12.9 Å². The van der Waals surface area contributed by atoms with Gasteiger partial charge in [-0.25, -0.2) is 8.42 Å². The summed E-state index contributed by atoms with van der Waals surface area (Å²) in [5.41, 5.74) is 2.29. The van der Waals surface area contributed by atoms with Crippen LogP contribution in [0.4, 0.5) is 0 Å². The number of benzene rings is 2. The highest BCUT2D eigenvalue weighted by molar-refractivity contribution is 7.90. The van der Waals surface area contributed by atoms with E-state index in [1.165, 1.54) is 12.1 Å². The van der Waals surface area contributed by atoms with E-state index >= 15 is 0 Å². The van der Waals surface area contributed by atoms with E-state index in [0.717, 1.165) is 11.8 Å². The quantitative estimate of drug-likeness (QED) is 0.518. The summed E-state index contributed by atoms with van der Waals surface area (Å²) in [4.78, 5) is 0.196. The summed E-state index contributed by atoms with van der Waals surface area (Å²) < 4.78 is 28.8. The SMILES string of the molecule is CS(=O)(=O)c1ccc(Cc2cc([C@@H]3O[C@H](CO)[C@@H](O)[C@H](O)[C@H]3O)ccc2C#N)cc1. The first-order chi connectivity index (χ1) is 14.2. The van der Waals surface area contributed by atoms with Crippen molar-refractivity contribution in [1.82, 2.24) is 0 Å². The zero-order valence-electron chi connectivity index (χ0n) is 16.2. The van der Waals surface area contributed by atoms with Gasteiger partial charge in [0.2, 0.25) is 0 Å². The van der Waals surface area contributed by atoms with Crippen LogP contribution in [0.1, 0.15) is 28.4 Å². The van der Waals surface area contributed by atoms with Gasteiger partial charge in [0, 0.05) is 6.26 Å². The van der Waals surface area contributed by atoms with Crippen LogP contribution in [0.2, 0.25) is 0 Å². The Labute approximate surface area is 174 Å². The molecule has 1 fully saturated rings. The zero-order chi connectivity index (χ0) is 22.1. The smallest absolute Gasteiger partial charge is 0.175 e. The molecule has 3 rings (SSSR count). The molecule has 4 N–H and O–H groups in total. The predicted octanol–water partition coefficient (Wildman–Crippen LogP) is 0.0675. The highest BCUT2D eigenvalue weighted by Crippen LogP contribution is 2.33. The number of rotatable bonds is 5. The molecule has 1 heterocycles. The fraction of sp³-hybridized carbons (Fsp3) is 0.381. The van der Waals surface area contributed by atoms with Gasteiger partial charge in [-0.15, -0.1) is 0 Å². The normalized spacial score (nSPS) is 26.9. The van der Waals surface area contributed by atoms with Gasteiger partial charge in [0.15, 0.2) is 9.84 Å². The van der Waals surface area contributed by atoms with Crippen LogP contribution in [0, 0.1) is 11.3 Å². The summed E-state index contributed by atoms with van der Waals surface area (Å²) in [6.45, 7) is -0.530. The number of sulfone groups is 1. The van der Waals surface area contributed by atoms with E-state index in [9.17, 15) is 34.1 Å². The fourth-order valence-electron chi connectivity index (χ4n) is 3.50. The van der Waals surface area contributed by atoms with Crippen molar-refractivity contribution in [2.24, 2.45) is 0 Å². The molecule has 9 heteroatoms. The molecule has 5 atom stereocenters. The number of nitriles is 1. The summed E-state index contributed by atoms with van der Waals surface area (Å²) in [6.07, 6.45) is -4.94. The molecular formula is C21H23NO7S. The fourth-order valence-corrected chi connectivity index (χ4v) is 4.13. The highest BCUT2D eigenvalue weighted by atomic mass is 32.2. The molecule has 8 nitrogen and oxygen atoms in total. The summed E-state index contributed by atoms with van der Waals surface area (Å²) in [6, 6.07) is 13.2. The van der Waals surface area contributed by atoms with Crippen molar-refractivity contribution in [1.29, 1.82) is 5.26 Å². The lowest BCUT2D eigenvalue weighted by molar-refractivity contribution is -0.231. The maximum absolute atomic E-state index is 11.6. The molecule has 30 heavy (non-hydrogen) atoms. The average molecular weight is 433 g/mol. The molecule has 0 saturated carbocycles. The Bertz CT molecular complexity index is 1040. The minimum absolute atomic E-state index is 0.196. The molecular weight excluding hydrogens is 410 g/mol. The van der Waals surface area contributed by atoms with Crippen LogP contribution in [0.15, 0.2) is 47.4 Å². The van der Waals surface area contributed by atoms with E-state index in [-0.39, 0.29) is 4.90 Å². The van der Waals surface area contributed by atoms with E-state index in [4.69, 9.17) is 4.74 Å². The Morgan fingerprint density at radius 2 is 1.70 bits per heavy atom. The van der Waals surface area contributed by atoms with Crippen LogP contribution in [0.3, 0.4) is 0 Å². The molecule has 0 aromatic heterocycles. The first-order valence-corrected chi connectivity index (χ1v) is 11.2. The van der Waals surface area contributed by atoms with Crippen molar-refractivity contribution in [3.05, 3.63) is 64.7 Å². The van der Waals surface area contributed by atoms with Gasteiger partial charge in [-0.2, -0.15) is 5.26 Å². The lowest BCUT2D eigenvalue weighted by Crippen LogP contribution is -2.55. The average Bonchev–Trinajstić information content (AvgIpc) is 2.72. The Morgan fingerprint density at radius 1 is 1.03 bits per heavy atom. The van der Waals surface area contributed by atoms with Gasteiger partial charge in [0.1, 0.15) is 30.5 Å². The van der Waals surface area contributed by atoms with Gasteiger partial charge < -0.3 is 25.2 Å². The number of nitrogens with zero attached hydrogens (tertiary/aromatic N) is 1. The molecule has 0 aliphatic carbocycles. The molecule has 0 radical (unpaired) electrons. The number of ether oxygens (including phenoxy) is 1. The second-order valence-electron chi connectivity index (χ2n) is 7.37. The lowest BCUT2D eigenvalue weighted by Gasteiger charge is -2.40. The van der Waals surface area contributed by atoms with E-state index in [1.807, 2.05) is 0 Å². The molecule has 0 unspecified atom stereocenters. The summed E-state index contributed by atoms with van der Waals surface area (Å²) in [7, 11) is -3.31. The minimum atomic E-state index is -3.31. The van der Waals surface area contributed by atoms with Crippen LogP contribution in [-0.2, 0) is 21.0 Å². The van der Waals surface area contributed by atoms with Crippen LogP contribution in [0.5, 0.6) is 0 Å². The molecule has 2 aromatic rings. The molecule has 0 amide bonds. The molecule has 0 bridgehead atoms. The topological polar surface area (TPSA) is 148 Å². The van der Waals surface area contributed by atoms with E-state index in [1.54, 1.807) is 30.3 Å². The van der Waals surface area contributed by atoms with Gasteiger partial charge in [-0.05, 0) is 41.3 Å². The Balaban J connectivity index is 1.91. The molecule has 2 aromatic carbocycles. The van der Waals surface area contributed by atoms with Crippen molar-refractivity contribution in [3.63, 3.8) is 0 Å². The predicted molar refractivity (Wildman–Crippen MR) is 106 cm³/mol. The van der Waals surface area contributed by atoms with Gasteiger partial charge in [0.25, 0.3) is 0 Å². The van der Waals surface area contributed by atoms with E-state index in [0.29, 0.717) is 23.1 Å². The molecule has 1 saturated heterocycles. The van der Waals surface area contributed by atoms with Crippen LogP contribution in [0.25, 0.3) is 0 Å². The highest BCUT2D eigenvalue weighted by Gasteiger charge is 2.44. The molecule has 1 aliphatic rings. The first-order valence-electron chi connectivity index (χ1n) is 9.28. The number of aliphatic hydroxyl groups excluding tert-OH is 4. The summed E-state index contributed by atoms with van der Waals surface area (Å²) in [5.74, 6) is 0. The molecule has 1 aliphatic heterocycles. The number of hydrogen-bond acceptors (Lipinski definition) is 8. The van der Waals surface area contributed by atoms with Crippen LogP contribution in [-0.4, -0.2) is 66.1 Å².